The van der Waals surface area contributed by atoms with E-state index < -0.39 is 0 Å². The molecule has 0 saturated heterocycles. The molecule has 0 aliphatic rings. The van der Waals surface area contributed by atoms with E-state index in [0.717, 1.165) is 0 Å². The van der Waals surface area contributed by atoms with Crippen LogP contribution in [0.15, 0.2) is 48.5 Å². The highest BCUT2D eigenvalue weighted by atomic mass is 16.5. The molecule has 0 heterocycles. The van der Waals surface area contributed by atoms with Gasteiger partial charge in [-0.15, -0.1) is 0 Å². The zero-order valence-corrected chi connectivity index (χ0v) is 12.1. The Bertz CT molecular complexity index is 761. The van der Waals surface area contributed by atoms with Crippen LogP contribution in [0.1, 0.15) is 18.1 Å². The summed E-state index contributed by atoms with van der Waals surface area (Å²) in [4.78, 5) is 0. The van der Waals surface area contributed by atoms with Gasteiger partial charge in [0, 0.05) is 0 Å². The fourth-order valence-electron chi connectivity index (χ4n) is 2.04. The lowest BCUT2D eigenvalue weighted by molar-refractivity contribution is 0.340. The van der Waals surface area contributed by atoms with Gasteiger partial charge >= 0.3 is 0 Å². The molecule has 0 bridgehead atoms. The van der Waals surface area contributed by atoms with Crippen molar-refractivity contribution < 1.29 is 9.84 Å². The highest BCUT2D eigenvalue weighted by Gasteiger charge is 2.11. The summed E-state index contributed by atoms with van der Waals surface area (Å²) in [5, 5.41) is 28.2. The van der Waals surface area contributed by atoms with Gasteiger partial charge in [-0.2, -0.15) is 10.5 Å². The molecule has 0 amide bonds. The summed E-state index contributed by atoms with van der Waals surface area (Å²) in [7, 11) is 0. The third-order valence-electron chi connectivity index (χ3n) is 3.08. The molecule has 0 aliphatic heterocycles. The van der Waals surface area contributed by atoms with Gasteiger partial charge in [0.15, 0.2) is 0 Å². The number of hydrogen-bond donors (Lipinski definition) is 1. The lowest BCUT2D eigenvalue weighted by atomic mass is 9.96. The summed E-state index contributed by atoms with van der Waals surface area (Å²) in [6.45, 7) is 2.46. The molecule has 1 N–H and O–H groups in total. The number of phenolic OH excluding ortho intramolecular Hbond substituents is 1. The fraction of sp³-hybridized carbons (Fsp3) is 0.111. The molecule has 2 aromatic rings. The van der Waals surface area contributed by atoms with Crippen molar-refractivity contribution >= 4 is 11.1 Å². The monoisotopic (exact) mass is 290 g/mol. The van der Waals surface area contributed by atoms with Gasteiger partial charge < -0.3 is 9.84 Å². The van der Waals surface area contributed by atoms with Crippen molar-refractivity contribution in [1.82, 2.24) is 0 Å². The van der Waals surface area contributed by atoms with E-state index in [1.165, 1.54) is 12.1 Å². The molecule has 0 spiro atoms. The van der Waals surface area contributed by atoms with E-state index in [1.807, 2.05) is 6.92 Å². The van der Waals surface area contributed by atoms with Crippen LogP contribution in [-0.2, 0) is 0 Å². The molecule has 4 nitrogen and oxygen atoms in total. The summed E-state index contributed by atoms with van der Waals surface area (Å²) in [6.07, 6.45) is 0. The number of ether oxygens (including phenoxy) is 1. The Morgan fingerprint density at radius 3 is 1.77 bits per heavy atom. The van der Waals surface area contributed by atoms with Crippen LogP contribution in [-0.4, -0.2) is 11.7 Å². The van der Waals surface area contributed by atoms with Gasteiger partial charge in [-0.05, 0) is 66.6 Å². The quantitative estimate of drug-likeness (QED) is 0.687. The molecule has 2 aromatic carbocycles. The van der Waals surface area contributed by atoms with Gasteiger partial charge in [-0.25, -0.2) is 0 Å². The normalized spacial score (nSPS) is 11.0. The van der Waals surface area contributed by atoms with Crippen molar-refractivity contribution in [2.45, 2.75) is 6.92 Å². The van der Waals surface area contributed by atoms with Crippen LogP contribution in [0.25, 0.3) is 11.1 Å². The van der Waals surface area contributed by atoms with Crippen molar-refractivity contribution in [3.8, 4) is 23.6 Å². The number of nitriles is 2. The average molecular weight is 290 g/mol. The van der Waals surface area contributed by atoms with Crippen LogP contribution in [0.2, 0.25) is 0 Å². The van der Waals surface area contributed by atoms with E-state index in [0.29, 0.717) is 23.5 Å². The molecule has 22 heavy (non-hydrogen) atoms. The molecular formula is C18H14N2O2. The van der Waals surface area contributed by atoms with Gasteiger partial charge in [0.05, 0.1) is 17.8 Å². The average Bonchev–Trinajstić information content (AvgIpc) is 2.55. The zero-order chi connectivity index (χ0) is 15.9. The molecular weight excluding hydrogens is 276 g/mol. The predicted octanol–water partition coefficient (Wildman–Crippen LogP) is 3.75. The number of allylic oxidation sites excluding steroid dienone is 2. The Labute approximate surface area is 129 Å². The van der Waals surface area contributed by atoms with Crippen LogP contribution in [0.3, 0.4) is 0 Å². The van der Waals surface area contributed by atoms with E-state index in [1.54, 1.807) is 36.4 Å². The van der Waals surface area contributed by atoms with Gasteiger partial charge in [-0.1, -0.05) is 0 Å². The van der Waals surface area contributed by atoms with Crippen molar-refractivity contribution in [3.05, 3.63) is 59.7 Å². The summed E-state index contributed by atoms with van der Waals surface area (Å²) in [6, 6.07) is 17.4. The van der Waals surface area contributed by atoms with Crippen molar-refractivity contribution in [2.24, 2.45) is 0 Å². The van der Waals surface area contributed by atoms with E-state index in [9.17, 15) is 15.6 Å². The van der Waals surface area contributed by atoms with Crippen LogP contribution < -0.4 is 4.74 Å². The van der Waals surface area contributed by atoms with Crippen LogP contribution in [0.4, 0.5) is 0 Å². The Kier molecular flexibility index (Phi) is 4.80. The summed E-state index contributed by atoms with van der Waals surface area (Å²) < 4.78 is 5.37. The molecule has 0 radical (unpaired) electrons. The van der Waals surface area contributed by atoms with E-state index in [-0.39, 0.29) is 16.9 Å². The Balaban J connectivity index is 2.49. The maximum Gasteiger partial charge on any atom is 0.119 e. The second kappa shape index (κ2) is 6.97. The van der Waals surface area contributed by atoms with E-state index in [4.69, 9.17) is 4.74 Å². The Hall–Kier alpha value is -3.24. The maximum atomic E-state index is 9.43. The lowest BCUT2D eigenvalue weighted by Crippen LogP contribution is -1.92. The lowest BCUT2D eigenvalue weighted by Gasteiger charge is -2.07. The molecule has 4 heteroatoms. The molecule has 2 rings (SSSR count). The molecule has 0 saturated carbocycles. The first-order valence-corrected chi connectivity index (χ1v) is 6.76. The number of aromatic hydroxyl groups is 1. The van der Waals surface area contributed by atoms with Crippen LogP contribution in [0, 0.1) is 22.7 Å². The van der Waals surface area contributed by atoms with E-state index >= 15 is 0 Å². The van der Waals surface area contributed by atoms with Crippen molar-refractivity contribution in [2.75, 3.05) is 6.61 Å². The third-order valence-corrected chi connectivity index (χ3v) is 3.08. The standard InChI is InChI=1S/C18H14N2O2/c1-2-22-16-9-5-14(6-10-16)18(12-20)17(11-19)13-3-7-15(21)8-4-13/h3-10,21H,2H2,1H3. The maximum absolute atomic E-state index is 9.43. The Morgan fingerprint density at radius 2 is 1.36 bits per heavy atom. The second-order valence-corrected chi connectivity index (χ2v) is 4.48. The summed E-state index contributed by atoms with van der Waals surface area (Å²) in [5.74, 6) is 0.826. The first-order valence-electron chi connectivity index (χ1n) is 6.76. The second-order valence-electron chi connectivity index (χ2n) is 4.48. The highest BCUT2D eigenvalue weighted by molar-refractivity contribution is 6.02. The SMILES string of the molecule is CCOc1ccc(C(C#N)=C(C#N)c2ccc(O)cc2)cc1. The van der Waals surface area contributed by atoms with Gasteiger partial charge in [0.25, 0.3) is 0 Å². The predicted molar refractivity (Wildman–Crippen MR) is 83.8 cm³/mol. The van der Waals surface area contributed by atoms with Crippen LogP contribution in [0.5, 0.6) is 11.5 Å². The van der Waals surface area contributed by atoms with Gasteiger partial charge in [0.1, 0.15) is 23.6 Å². The number of benzene rings is 2. The number of hydrogen-bond acceptors (Lipinski definition) is 4. The number of rotatable bonds is 4. The Morgan fingerprint density at radius 1 is 0.909 bits per heavy atom. The molecule has 0 unspecified atom stereocenters. The van der Waals surface area contributed by atoms with Gasteiger partial charge in [0.2, 0.25) is 0 Å². The third kappa shape index (κ3) is 3.26. The number of phenols is 1. The first kappa shape index (κ1) is 15.2. The minimum Gasteiger partial charge on any atom is -0.508 e. The molecule has 0 atom stereocenters. The zero-order valence-electron chi connectivity index (χ0n) is 12.1. The molecule has 0 fully saturated rings. The van der Waals surface area contributed by atoms with Crippen molar-refractivity contribution in [1.29, 1.82) is 10.5 Å². The highest BCUT2D eigenvalue weighted by Crippen LogP contribution is 2.27. The summed E-state index contributed by atoms with van der Waals surface area (Å²) >= 11 is 0. The fourth-order valence-corrected chi connectivity index (χ4v) is 2.04. The molecule has 0 aromatic heterocycles. The number of nitrogens with zero attached hydrogens (tertiary/aromatic N) is 2. The topological polar surface area (TPSA) is 77.0 Å². The molecule has 108 valence electrons. The van der Waals surface area contributed by atoms with Crippen molar-refractivity contribution in [3.63, 3.8) is 0 Å². The minimum atomic E-state index is 0.112. The van der Waals surface area contributed by atoms with Gasteiger partial charge in [-0.3, -0.25) is 0 Å². The first-order chi connectivity index (χ1) is 10.7. The smallest absolute Gasteiger partial charge is 0.119 e. The minimum absolute atomic E-state index is 0.112. The summed E-state index contributed by atoms with van der Waals surface area (Å²) in [5.41, 5.74) is 1.80. The molecule has 0 aliphatic carbocycles. The largest absolute Gasteiger partial charge is 0.508 e. The van der Waals surface area contributed by atoms with Crippen LogP contribution >= 0.6 is 0 Å². The van der Waals surface area contributed by atoms with E-state index in [2.05, 4.69) is 12.1 Å².